The number of aromatic nitrogens is 2. The first kappa shape index (κ1) is 29.4. The molecule has 2 heterocycles. The molecule has 2 aromatic rings. The minimum Gasteiger partial charge on any atom is -0.460 e. The average molecular weight is 596 g/mol. The Morgan fingerprint density at radius 3 is 2.48 bits per heavy atom. The standard InChI is InChI=1S/C33H42ClN3O5/c1-33(2,3)42-32(40)21-12-10-20(11-13-21)29-25-15-14-22(30(38)36-17-23(18-36)41-4)16-27(25)37(35-29)31(39)28-24(19-8-9-19)6-5-7-26(28)34/h5-7,10,19,21-23,31,39H,8-9,11-18H2,1-4H3. The number of benzene rings is 1. The van der Waals surface area contributed by atoms with Gasteiger partial charge in [-0.05, 0) is 88.8 Å². The van der Waals surface area contributed by atoms with Crippen LogP contribution in [0.2, 0.25) is 5.02 Å². The van der Waals surface area contributed by atoms with E-state index in [2.05, 4.69) is 12.1 Å². The van der Waals surface area contributed by atoms with Crippen LogP contribution in [-0.2, 0) is 31.9 Å². The van der Waals surface area contributed by atoms with E-state index in [1.165, 1.54) is 0 Å². The highest BCUT2D eigenvalue weighted by Crippen LogP contribution is 2.46. The summed E-state index contributed by atoms with van der Waals surface area (Å²) in [6.45, 7) is 6.93. The Kier molecular flexibility index (Phi) is 8.00. The van der Waals surface area contributed by atoms with Crippen LogP contribution in [0.5, 0.6) is 0 Å². The van der Waals surface area contributed by atoms with Gasteiger partial charge in [-0.15, -0.1) is 0 Å². The van der Waals surface area contributed by atoms with Crippen LogP contribution in [0.4, 0.5) is 0 Å². The van der Waals surface area contributed by atoms with E-state index < -0.39 is 11.8 Å². The van der Waals surface area contributed by atoms with Crippen LogP contribution in [0.3, 0.4) is 0 Å². The van der Waals surface area contributed by atoms with Crippen LogP contribution in [-0.4, -0.2) is 63.6 Å². The molecular weight excluding hydrogens is 554 g/mol. The summed E-state index contributed by atoms with van der Waals surface area (Å²) in [7, 11) is 1.68. The molecule has 42 heavy (non-hydrogen) atoms. The topological polar surface area (TPSA) is 93.9 Å². The predicted octanol–water partition coefficient (Wildman–Crippen LogP) is 5.44. The lowest BCUT2D eigenvalue weighted by atomic mass is 9.82. The van der Waals surface area contributed by atoms with Crippen molar-refractivity contribution in [2.24, 2.45) is 11.8 Å². The zero-order valence-electron chi connectivity index (χ0n) is 25.1. The van der Waals surface area contributed by atoms with E-state index >= 15 is 0 Å². The van der Waals surface area contributed by atoms with Gasteiger partial charge < -0.3 is 19.5 Å². The molecule has 0 bridgehead atoms. The summed E-state index contributed by atoms with van der Waals surface area (Å²) in [5.74, 6) is 0.0490. The molecule has 1 amide bonds. The van der Waals surface area contributed by atoms with Gasteiger partial charge in [0.25, 0.3) is 0 Å². The van der Waals surface area contributed by atoms with Crippen molar-refractivity contribution >= 4 is 29.1 Å². The molecule has 8 nitrogen and oxygen atoms in total. The van der Waals surface area contributed by atoms with Crippen LogP contribution in [0, 0.1) is 11.8 Å². The number of aliphatic hydroxyl groups is 1. The summed E-state index contributed by atoms with van der Waals surface area (Å²) in [5, 5.41) is 17.5. The number of carbonyl (C=O) groups excluding carboxylic acids is 2. The van der Waals surface area contributed by atoms with Crippen LogP contribution >= 0.6 is 11.6 Å². The summed E-state index contributed by atoms with van der Waals surface area (Å²) in [4.78, 5) is 28.0. The fourth-order valence-corrected chi connectivity index (χ4v) is 6.96. The lowest BCUT2D eigenvalue weighted by Gasteiger charge is -2.40. The molecule has 1 aliphatic heterocycles. The van der Waals surface area contributed by atoms with E-state index in [9.17, 15) is 14.7 Å². The summed E-state index contributed by atoms with van der Waals surface area (Å²) >= 11 is 6.72. The Balaban J connectivity index is 1.32. The molecule has 3 atom stereocenters. The van der Waals surface area contributed by atoms with E-state index in [4.69, 9.17) is 26.2 Å². The molecule has 9 heteroatoms. The van der Waals surface area contributed by atoms with Gasteiger partial charge in [-0.2, -0.15) is 5.10 Å². The quantitative estimate of drug-likeness (QED) is 0.429. The van der Waals surface area contributed by atoms with Crippen molar-refractivity contribution < 1.29 is 24.2 Å². The maximum Gasteiger partial charge on any atom is 0.309 e. The largest absolute Gasteiger partial charge is 0.460 e. The molecule has 1 N–H and O–H groups in total. The number of nitrogens with zero attached hydrogens (tertiary/aromatic N) is 3. The SMILES string of the molecule is COC1CN(C(=O)C2CCc3c(C4=CCC(C(=O)OC(C)(C)C)CC4)nn(C(O)c4c(Cl)cccc4C4CC4)c3C2)C1. The zero-order chi connectivity index (χ0) is 29.8. The first-order valence-corrected chi connectivity index (χ1v) is 15.7. The number of hydrogen-bond acceptors (Lipinski definition) is 6. The van der Waals surface area contributed by atoms with Crippen molar-refractivity contribution in [1.29, 1.82) is 0 Å². The average Bonchev–Trinajstić information content (AvgIpc) is 3.71. The van der Waals surface area contributed by atoms with E-state index in [1.807, 2.05) is 37.8 Å². The van der Waals surface area contributed by atoms with Crippen molar-refractivity contribution in [3.63, 3.8) is 0 Å². The highest BCUT2D eigenvalue weighted by Gasteiger charge is 2.40. The first-order valence-electron chi connectivity index (χ1n) is 15.3. The van der Waals surface area contributed by atoms with Gasteiger partial charge in [0.1, 0.15) is 5.60 Å². The van der Waals surface area contributed by atoms with Gasteiger partial charge >= 0.3 is 5.97 Å². The monoisotopic (exact) mass is 595 g/mol. The van der Waals surface area contributed by atoms with E-state index in [0.29, 0.717) is 61.7 Å². The third-order valence-electron chi connectivity index (χ3n) is 9.19. The van der Waals surface area contributed by atoms with Gasteiger partial charge in [-0.3, -0.25) is 9.59 Å². The highest BCUT2D eigenvalue weighted by atomic mass is 35.5. The van der Waals surface area contributed by atoms with E-state index in [1.54, 1.807) is 11.8 Å². The van der Waals surface area contributed by atoms with Crippen LogP contribution in [0.15, 0.2) is 24.3 Å². The second kappa shape index (κ2) is 11.4. The first-order chi connectivity index (χ1) is 20.0. The molecule has 0 radical (unpaired) electrons. The molecule has 4 aliphatic rings. The Bertz CT molecular complexity index is 1400. The summed E-state index contributed by atoms with van der Waals surface area (Å²) in [6.07, 6.45) is 7.31. The fraction of sp³-hybridized carbons (Fsp3) is 0.606. The molecule has 226 valence electrons. The number of hydrogen-bond donors (Lipinski definition) is 1. The zero-order valence-corrected chi connectivity index (χ0v) is 25.8. The molecular formula is C33H42ClN3O5. The van der Waals surface area contributed by atoms with Crippen molar-refractivity contribution in [3.05, 3.63) is 57.4 Å². The second-order valence-electron chi connectivity index (χ2n) is 13.4. The molecule has 3 aliphatic carbocycles. The number of aliphatic hydroxyl groups excluding tert-OH is 1. The minimum absolute atomic E-state index is 0.107. The normalized spacial score (nSPS) is 23.6. The van der Waals surface area contributed by atoms with E-state index in [-0.39, 0.29) is 29.8 Å². The number of halogens is 1. The molecule has 1 aromatic carbocycles. The van der Waals surface area contributed by atoms with Gasteiger partial charge in [0.05, 0.1) is 17.7 Å². The smallest absolute Gasteiger partial charge is 0.309 e. The number of esters is 1. The molecule has 3 unspecified atom stereocenters. The van der Waals surface area contributed by atoms with Gasteiger partial charge in [-0.25, -0.2) is 4.68 Å². The molecule has 1 saturated heterocycles. The molecule has 6 rings (SSSR count). The Hall–Kier alpha value is -2.68. The van der Waals surface area contributed by atoms with Gasteiger partial charge in [0, 0.05) is 54.4 Å². The highest BCUT2D eigenvalue weighted by molar-refractivity contribution is 6.31. The van der Waals surface area contributed by atoms with Crippen LogP contribution in [0.1, 0.15) is 99.5 Å². The van der Waals surface area contributed by atoms with Gasteiger partial charge in [0.2, 0.25) is 5.91 Å². The lowest BCUT2D eigenvalue weighted by molar-refractivity contribution is -0.160. The van der Waals surface area contributed by atoms with Crippen LogP contribution in [0.25, 0.3) is 5.57 Å². The Labute approximate surface area is 253 Å². The number of fused-ring (bicyclic) bond motifs is 1. The number of carbonyl (C=O) groups is 2. The summed E-state index contributed by atoms with van der Waals surface area (Å²) in [6, 6.07) is 5.83. The number of ether oxygens (including phenoxy) is 2. The minimum atomic E-state index is -1.05. The molecule has 0 spiro atoms. The van der Waals surface area contributed by atoms with E-state index in [0.717, 1.165) is 47.4 Å². The van der Waals surface area contributed by atoms with Crippen molar-refractivity contribution in [3.8, 4) is 0 Å². The fourth-order valence-electron chi connectivity index (χ4n) is 6.68. The maximum absolute atomic E-state index is 13.4. The second-order valence-corrected chi connectivity index (χ2v) is 13.8. The van der Waals surface area contributed by atoms with Gasteiger partial charge in [-0.1, -0.05) is 29.8 Å². The summed E-state index contributed by atoms with van der Waals surface area (Å²) in [5.41, 5.74) is 5.24. The van der Waals surface area contributed by atoms with Gasteiger partial charge in [0.15, 0.2) is 6.23 Å². The maximum atomic E-state index is 13.4. The van der Waals surface area contributed by atoms with Crippen molar-refractivity contribution in [2.45, 2.75) is 96.0 Å². The third-order valence-corrected chi connectivity index (χ3v) is 9.52. The number of rotatable bonds is 7. The number of likely N-dealkylation sites (tertiary alicyclic amines) is 1. The number of amides is 1. The van der Waals surface area contributed by atoms with Crippen LogP contribution < -0.4 is 0 Å². The Morgan fingerprint density at radius 2 is 1.83 bits per heavy atom. The predicted molar refractivity (Wildman–Crippen MR) is 160 cm³/mol. The number of allylic oxidation sites excluding steroid dienone is 2. The molecule has 1 aromatic heterocycles. The number of methoxy groups -OCH3 is 1. The van der Waals surface area contributed by atoms with Crippen molar-refractivity contribution in [2.75, 3.05) is 20.2 Å². The molecule has 1 saturated carbocycles. The van der Waals surface area contributed by atoms with Crippen molar-refractivity contribution in [1.82, 2.24) is 14.7 Å². The lowest BCUT2D eigenvalue weighted by Crippen LogP contribution is -2.56. The third kappa shape index (κ3) is 5.78. The summed E-state index contributed by atoms with van der Waals surface area (Å²) < 4.78 is 12.8. The Morgan fingerprint density at radius 1 is 1.10 bits per heavy atom. The molecule has 2 fully saturated rings.